The zero-order valence-electron chi connectivity index (χ0n) is 6.77. The number of ketones is 1. The molecule has 1 N–H and O–H groups in total. The number of methoxy groups -OCH3 is 1. The van der Waals surface area contributed by atoms with Crippen molar-refractivity contribution in [3.05, 3.63) is 11.8 Å². The number of hydrogen-bond donors (Lipinski definition) is 1. The molecule has 3 nitrogen and oxygen atoms in total. The Hall–Kier alpha value is -0.207. The molecule has 0 saturated carbocycles. The van der Waals surface area contributed by atoms with Gasteiger partial charge in [0.2, 0.25) is 0 Å². The van der Waals surface area contributed by atoms with Crippen molar-refractivity contribution in [1.82, 2.24) is 0 Å². The van der Waals surface area contributed by atoms with Gasteiger partial charge in [-0.05, 0) is 13.8 Å². The van der Waals surface area contributed by atoms with Gasteiger partial charge in [0.1, 0.15) is 11.9 Å². The van der Waals surface area contributed by atoms with Crippen molar-refractivity contribution < 1.29 is 34.1 Å². The first-order chi connectivity index (χ1) is 4.57. The second kappa shape index (κ2) is 6.50. The number of carbonyl (C=O) groups is 1. The van der Waals surface area contributed by atoms with Gasteiger partial charge >= 0.3 is 0 Å². The minimum atomic E-state index is -0.399. The van der Waals surface area contributed by atoms with Crippen molar-refractivity contribution in [1.29, 1.82) is 0 Å². The van der Waals surface area contributed by atoms with Crippen LogP contribution in [0.1, 0.15) is 13.8 Å². The molecular formula is C7H12O3Ru. The van der Waals surface area contributed by atoms with E-state index in [9.17, 15) is 4.79 Å². The topological polar surface area (TPSA) is 46.5 Å². The van der Waals surface area contributed by atoms with Gasteiger partial charge < -0.3 is 9.84 Å². The third kappa shape index (κ3) is 6.20. The maximum Gasteiger partial charge on any atom is 0.156 e. The predicted molar refractivity (Wildman–Crippen MR) is 37.9 cm³/mol. The van der Waals surface area contributed by atoms with Gasteiger partial charge in [-0.25, -0.2) is 0 Å². The molecule has 1 unspecified atom stereocenters. The summed E-state index contributed by atoms with van der Waals surface area (Å²) in [5, 5.41) is 9.00. The molecule has 0 amide bonds. The van der Waals surface area contributed by atoms with E-state index in [1.807, 2.05) is 0 Å². The van der Waals surface area contributed by atoms with Crippen LogP contribution in [0.4, 0.5) is 0 Å². The van der Waals surface area contributed by atoms with Gasteiger partial charge in [0.15, 0.2) is 5.78 Å². The smallest absolute Gasteiger partial charge is 0.156 e. The van der Waals surface area contributed by atoms with Gasteiger partial charge in [0.05, 0.1) is 0 Å². The van der Waals surface area contributed by atoms with Crippen LogP contribution in [0.2, 0.25) is 0 Å². The molecule has 1 atom stereocenters. The van der Waals surface area contributed by atoms with E-state index in [0.29, 0.717) is 0 Å². The first-order valence-corrected chi connectivity index (χ1v) is 3.02. The van der Waals surface area contributed by atoms with E-state index >= 15 is 0 Å². The second-order valence-corrected chi connectivity index (χ2v) is 2.06. The fourth-order valence-electron chi connectivity index (χ4n) is 0.446. The first kappa shape index (κ1) is 13.4. The molecule has 0 bridgehead atoms. The molecule has 4 heteroatoms. The maximum atomic E-state index is 10.4. The molecule has 0 saturated heterocycles. The summed E-state index contributed by atoms with van der Waals surface area (Å²) in [6.07, 6.45) is 0.748. The van der Waals surface area contributed by atoms with Gasteiger partial charge in [-0.2, -0.15) is 0 Å². The number of aliphatic hydroxyl groups is 1. The summed E-state index contributed by atoms with van der Waals surface area (Å²) < 4.78 is 4.74. The minimum absolute atomic E-state index is 0. The van der Waals surface area contributed by atoms with Gasteiger partial charge in [0, 0.05) is 32.7 Å². The Bertz CT molecular complexity index is 154. The Balaban J connectivity index is 0. The number of allylic oxidation sites excluding steroid dienone is 1. The first-order valence-electron chi connectivity index (χ1n) is 3.02. The third-order valence-electron chi connectivity index (χ3n) is 1.12. The van der Waals surface area contributed by atoms with Crippen LogP contribution in [0.25, 0.3) is 0 Å². The van der Waals surface area contributed by atoms with Crippen molar-refractivity contribution >= 4 is 5.78 Å². The Labute approximate surface area is 79.2 Å². The summed E-state index contributed by atoms with van der Waals surface area (Å²) in [5.74, 6) is -0.212. The van der Waals surface area contributed by atoms with Crippen LogP contribution in [0.5, 0.6) is 0 Å². The van der Waals surface area contributed by atoms with Crippen molar-refractivity contribution in [2.45, 2.75) is 20.0 Å². The summed E-state index contributed by atoms with van der Waals surface area (Å²) in [4.78, 5) is 10.4. The van der Waals surface area contributed by atoms with Crippen LogP contribution in [0.3, 0.4) is 0 Å². The molecule has 0 aromatic rings. The zero-order valence-corrected chi connectivity index (χ0v) is 8.51. The van der Waals surface area contributed by atoms with Gasteiger partial charge in [-0.3, -0.25) is 4.79 Å². The molecule has 0 spiro atoms. The van der Waals surface area contributed by atoms with Crippen molar-refractivity contribution in [3.8, 4) is 0 Å². The van der Waals surface area contributed by atoms with E-state index in [0.717, 1.165) is 6.08 Å². The average molecular weight is 245 g/mol. The van der Waals surface area contributed by atoms with Crippen LogP contribution in [0.15, 0.2) is 11.8 Å². The number of aliphatic hydroxyl groups excluding tert-OH is 1. The summed E-state index contributed by atoms with van der Waals surface area (Å²) in [7, 11) is 1.47. The van der Waals surface area contributed by atoms with Crippen LogP contribution >= 0.6 is 0 Å². The molecule has 0 aromatic heterocycles. The monoisotopic (exact) mass is 246 g/mol. The van der Waals surface area contributed by atoms with E-state index in [1.165, 1.54) is 14.0 Å². The van der Waals surface area contributed by atoms with Crippen molar-refractivity contribution in [2.24, 2.45) is 0 Å². The molecule has 0 aromatic carbocycles. The largest absolute Gasteiger partial charge is 0.509 e. The van der Waals surface area contributed by atoms with E-state index in [4.69, 9.17) is 9.84 Å². The third-order valence-corrected chi connectivity index (χ3v) is 1.12. The Morgan fingerprint density at radius 1 is 1.64 bits per heavy atom. The van der Waals surface area contributed by atoms with Crippen LogP contribution in [-0.4, -0.2) is 24.1 Å². The summed E-state index contributed by atoms with van der Waals surface area (Å²) in [5.41, 5.74) is 0. The van der Waals surface area contributed by atoms with Gasteiger partial charge in [-0.15, -0.1) is 0 Å². The van der Waals surface area contributed by atoms with Crippen molar-refractivity contribution in [3.63, 3.8) is 0 Å². The molecule has 11 heavy (non-hydrogen) atoms. The van der Waals surface area contributed by atoms with E-state index in [-0.39, 0.29) is 31.0 Å². The van der Waals surface area contributed by atoms with Crippen LogP contribution < -0.4 is 0 Å². The average Bonchev–Trinajstić information content (AvgIpc) is 1.85. The molecule has 0 aliphatic carbocycles. The van der Waals surface area contributed by atoms with E-state index in [1.54, 1.807) is 6.92 Å². The standard InChI is InChI=1S/C7H12O3.Ru/c1-5(8)4-7(9)6(2)10-3;/h4,6,9H,1-3H3;/b7-4-;. The molecule has 0 fully saturated rings. The second-order valence-electron chi connectivity index (χ2n) is 2.06. The molecule has 0 heterocycles. The van der Waals surface area contributed by atoms with Crippen LogP contribution in [-0.2, 0) is 29.0 Å². The number of rotatable bonds is 3. The predicted octanol–water partition coefficient (Wildman–Crippen LogP) is 1.05. The Morgan fingerprint density at radius 3 is 2.36 bits per heavy atom. The molecule has 0 radical (unpaired) electrons. The quantitative estimate of drug-likeness (QED) is 0.459. The minimum Gasteiger partial charge on any atom is -0.509 e. The van der Waals surface area contributed by atoms with E-state index in [2.05, 4.69) is 0 Å². The summed E-state index contributed by atoms with van der Waals surface area (Å²) in [6.45, 7) is 3.04. The van der Waals surface area contributed by atoms with Gasteiger partial charge in [0.25, 0.3) is 0 Å². The Morgan fingerprint density at radius 2 is 2.09 bits per heavy atom. The van der Waals surface area contributed by atoms with Crippen LogP contribution in [0, 0.1) is 0 Å². The molecular weight excluding hydrogens is 233 g/mol. The number of hydrogen-bond acceptors (Lipinski definition) is 3. The fraction of sp³-hybridized carbons (Fsp3) is 0.571. The molecule has 0 rings (SSSR count). The molecule has 0 aliphatic rings. The zero-order chi connectivity index (χ0) is 8.15. The summed E-state index contributed by atoms with van der Waals surface area (Å²) >= 11 is 0. The van der Waals surface area contributed by atoms with Crippen molar-refractivity contribution in [2.75, 3.05) is 7.11 Å². The SMILES string of the molecule is COC(C)/C(O)=C/C(C)=O.[Ru]. The Kier molecular flexibility index (Phi) is 7.91. The number of ether oxygens (including phenoxy) is 1. The maximum absolute atomic E-state index is 10.4. The summed E-state index contributed by atoms with van der Waals surface area (Å²) in [6, 6.07) is 0. The molecule has 66 valence electrons. The van der Waals surface area contributed by atoms with E-state index < -0.39 is 6.10 Å². The van der Waals surface area contributed by atoms with Gasteiger partial charge in [-0.1, -0.05) is 0 Å². The molecule has 0 aliphatic heterocycles. The normalized spacial score (nSPS) is 13.5. The fourth-order valence-corrected chi connectivity index (χ4v) is 0.446. The number of carbonyl (C=O) groups excluding carboxylic acids is 1.